The molecule has 0 aliphatic rings. The number of aromatic nitrogens is 1. The van der Waals surface area contributed by atoms with E-state index >= 15 is 0 Å². The number of hydrogen-bond donors (Lipinski definition) is 2. The highest BCUT2D eigenvalue weighted by atomic mass is 19.1. The molecule has 0 aliphatic carbocycles. The summed E-state index contributed by atoms with van der Waals surface area (Å²) in [7, 11) is 0. The van der Waals surface area contributed by atoms with Crippen molar-refractivity contribution < 1.29 is 4.39 Å². The third-order valence-electron chi connectivity index (χ3n) is 2.25. The number of hydrogen-bond acceptors (Lipinski definition) is 2. The SMILES string of the molecule is O=NNCc1c[nH]c(-c2ccccc2F)c1. The van der Waals surface area contributed by atoms with Crippen molar-refractivity contribution in [3.63, 3.8) is 0 Å². The van der Waals surface area contributed by atoms with Gasteiger partial charge in [0.15, 0.2) is 0 Å². The van der Waals surface area contributed by atoms with E-state index in [2.05, 4.69) is 15.7 Å². The highest BCUT2D eigenvalue weighted by molar-refractivity contribution is 5.60. The molecule has 2 rings (SSSR count). The lowest BCUT2D eigenvalue weighted by Crippen LogP contribution is -2.01. The van der Waals surface area contributed by atoms with Crippen LogP contribution in [-0.2, 0) is 6.54 Å². The zero-order valence-electron chi connectivity index (χ0n) is 8.40. The fraction of sp³-hybridized carbons (Fsp3) is 0.0909. The maximum Gasteiger partial charge on any atom is 0.132 e. The van der Waals surface area contributed by atoms with Crippen LogP contribution in [0.1, 0.15) is 5.56 Å². The van der Waals surface area contributed by atoms with E-state index in [1.165, 1.54) is 6.07 Å². The van der Waals surface area contributed by atoms with Gasteiger partial charge in [-0.05, 0) is 23.8 Å². The van der Waals surface area contributed by atoms with Crippen molar-refractivity contribution in [2.45, 2.75) is 6.54 Å². The summed E-state index contributed by atoms with van der Waals surface area (Å²) >= 11 is 0. The molecular formula is C11H10FN3O. The number of benzene rings is 1. The van der Waals surface area contributed by atoms with Gasteiger partial charge in [-0.3, -0.25) is 5.43 Å². The average Bonchev–Trinajstić information content (AvgIpc) is 2.75. The molecule has 2 aromatic rings. The normalized spacial score (nSPS) is 10.1. The lowest BCUT2D eigenvalue weighted by atomic mass is 10.1. The van der Waals surface area contributed by atoms with Crippen molar-refractivity contribution in [3.8, 4) is 11.3 Å². The molecule has 2 N–H and O–H groups in total. The van der Waals surface area contributed by atoms with Crippen LogP contribution in [0.3, 0.4) is 0 Å². The first-order chi connectivity index (χ1) is 7.81. The zero-order valence-corrected chi connectivity index (χ0v) is 8.40. The number of nitrogens with zero attached hydrogens (tertiary/aromatic N) is 1. The summed E-state index contributed by atoms with van der Waals surface area (Å²) in [4.78, 5) is 12.8. The first kappa shape index (κ1) is 10.4. The highest BCUT2D eigenvalue weighted by Gasteiger charge is 2.06. The van der Waals surface area contributed by atoms with Crippen molar-refractivity contribution in [1.82, 2.24) is 10.4 Å². The Hall–Kier alpha value is -2.17. The number of rotatable bonds is 4. The molecule has 1 aromatic carbocycles. The molecule has 4 nitrogen and oxygen atoms in total. The van der Waals surface area contributed by atoms with E-state index in [9.17, 15) is 9.30 Å². The van der Waals surface area contributed by atoms with Crippen LogP contribution in [0.2, 0.25) is 0 Å². The minimum atomic E-state index is -0.280. The molecule has 0 radical (unpaired) electrons. The summed E-state index contributed by atoms with van der Waals surface area (Å²) in [6.45, 7) is 0.328. The number of nitrogens with one attached hydrogen (secondary N) is 2. The molecule has 1 aromatic heterocycles. The summed E-state index contributed by atoms with van der Waals surface area (Å²) in [5, 5.41) is 2.54. The van der Waals surface area contributed by atoms with Gasteiger partial charge in [-0.2, -0.15) is 0 Å². The summed E-state index contributed by atoms with van der Waals surface area (Å²) in [5.74, 6) is -0.280. The van der Waals surface area contributed by atoms with Crippen LogP contribution < -0.4 is 5.43 Å². The molecule has 5 heteroatoms. The van der Waals surface area contributed by atoms with Crippen LogP contribution >= 0.6 is 0 Å². The highest BCUT2D eigenvalue weighted by Crippen LogP contribution is 2.21. The molecule has 0 fully saturated rings. The first-order valence-electron chi connectivity index (χ1n) is 4.78. The van der Waals surface area contributed by atoms with Gasteiger partial charge in [-0.1, -0.05) is 12.1 Å². The molecule has 82 valence electrons. The largest absolute Gasteiger partial charge is 0.361 e. The second kappa shape index (κ2) is 4.57. The topological polar surface area (TPSA) is 57.2 Å². The van der Waals surface area contributed by atoms with Gasteiger partial charge in [-0.25, -0.2) is 4.39 Å². The van der Waals surface area contributed by atoms with Crippen LogP contribution in [0.15, 0.2) is 41.8 Å². The standard InChI is InChI=1S/C11H10FN3O/c12-10-4-2-1-3-9(10)11-5-8(6-13-11)7-14-15-16/h1-6,13H,7H2,(H,14,16). The third-order valence-corrected chi connectivity index (χ3v) is 2.25. The molecule has 0 unspecified atom stereocenters. The molecule has 0 amide bonds. The zero-order chi connectivity index (χ0) is 11.4. The molecule has 0 aliphatic heterocycles. The van der Waals surface area contributed by atoms with Gasteiger partial charge in [-0.15, -0.1) is 4.91 Å². The van der Waals surface area contributed by atoms with Crippen molar-refractivity contribution in [3.05, 3.63) is 52.8 Å². The fourth-order valence-electron chi connectivity index (χ4n) is 1.50. The van der Waals surface area contributed by atoms with E-state index < -0.39 is 0 Å². The number of aromatic amines is 1. The lowest BCUT2D eigenvalue weighted by Gasteiger charge is -1.98. The van der Waals surface area contributed by atoms with E-state index in [0.717, 1.165) is 5.56 Å². The molecule has 0 spiro atoms. The summed E-state index contributed by atoms with van der Waals surface area (Å²) in [6, 6.07) is 8.28. The molecule has 16 heavy (non-hydrogen) atoms. The van der Waals surface area contributed by atoms with E-state index in [4.69, 9.17) is 0 Å². The monoisotopic (exact) mass is 219 g/mol. The van der Waals surface area contributed by atoms with Gasteiger partial charge >= 0.3 is 0 Å². The number of nitroso groups, excluding NO2 is 1. The Kier molecular flexibility index (Phi) is 2.95. The Morgan fingerprint density at radius 1 is 1.38 bits per heavy atom. The molecule has 1 heterocycles. The number of H-pyrrole nitrogens is 1. The summed E-state index contributed by atoms with van der Waals surface area (Å²) in [5.41, 5.74) is 4.33. The van der Waals surface area contributed by atoms with Gasteiger partial charge in [0.05, 0.1) is 6.54 Å². The lowest BCUT2D eigenvalue weighted by molar-refractivity contribution is 0.631. The van der Waals surface area contributed by atoms with Crippen molar-refractivity contribution in [2.24, 2.45) is 5.29 Å². The Bertz CT molecular complexity index is 495. The quantitative estimate of drug-likeness (QED) is 0.613. The molecule has 0 saturated heterocycles. The molecule has 0 bridgehead atoms. The Balaban J connectivity index is 2.25. The van der Waals surface area contributed by atoms with E-state index in [0.29, 0.717) is 17.8 Å². The predicted molar refractivity (Wildman–Crippen MR) is 58.8 cm³/mol. The van der Waals surface area contributed by atoms with Crippen LogP contribution in [0.4, 0.5) is 4.39 Å². The maximum atomic E-state index is 13.4. The minimum absolute atomic E-state index is 0.280. The van der Waals surface area contributed by atoms with Crippen LogP contribution in [-0.4, -0.2) is 4.98 Å². The van der Waals surface area contributed by atoms with Gasteiger partial charge in [0.25, 0.3) is 0 Å². The van der Waals surface area contributed by atoms with Gasteiger partial charge < -0.3 is 4.98 Å². The molecule has 0 saturated carbocycles. The fourth-order valence-corrected chi connectivity index (χ4v) is 1.50. The average molecular weight is 219 g/mol. The van der Waals surface area contributed by atoms with Crippen LogP contribution in [0.5, 0.6) is 0 Å². The molecular weight excluding hydrogens is 209 g/mol. The predicted octanol–water partition coefficient (Wildman–Crippen LogP) is 2.59. The van der Waals surface area contributed by atoms with E-state index in [1.54, 1.807) is 30.5 Å². The van der Waals surface area contributed by atoms with Gasteiger partial charge in [0, 0.05) is 22.7 Å². The maximum absolute atomic E-state index is 13.4. The Morgan fingerprint density at radius 3 is 2.94 bits per heavy atom. The van der Waals surface area contributed by atoms with Gasteiger partial charge in [0.2, 0.25) is 0 Å². The van der Waals surface area contributed by atoms with Crippen LogP contribution in [0.25, 0.3) is 11.3 Å². The minimum Gasteiger partial charge on any atom is -0.361 e. The number of halogens is 1. The van der Waals surface area contributed by atoms with Crippen LogP contribution in [0, 0.1) is 10.7 Å². The third kappa shape index (κ3) is 2.08. The molecule has 0 atom stereocenters. The van der Waals surface area contributed by atoms with E-state index in [1.807, 2.05) is 0 Å². The van der Waals surface area contributed by atoms with E-state index in [-0.39, 0.29) is 5.82 Å². The van der Waals surface area contributed by atoms with Crippen molar-refractivity contribution in [1.29, 1.82) is 0 Å². The smallest absolute Gasteiger partial charge is 0.132 e. The summed E-state index contributed by atoms with van der Waals surface area (Å²) < 4.78 is 13.4. The van der Waals surface area contributed by atoms with Gasteiger partial charge in [0.1, 0.15) is 5.82 Å². The Morgan fingerprint density at radius 2 is 2.19 bits per heavy atom. The summed E-state index contributed by atoms with van der Waals surface area (Å²) in [6.07, 6.45) is 1.71. The Labute approximate surface area is 91.4 Å². The van der Waals surface area contributed by atoms with Crippen molar-refractivity contribution in [2.75, 3.05) is 0 Å². The van der Waals surface area contributed by atoms with Crippen molar-refractivity contribution >= 4 is 0 Å². The first-order valence-corrected chi connectivity index (χ1v) is 4.78. The second-order valence-electron chi connectivity index (χ2n) is 3.33. The second-order valence-corrected chi connectivity index (χ2v) is 3.33.